The third-order valence-electron chi connectivity index (χ3n) is 4.75. The molecule has 4 atom stereocenters. The molecule has 0 aromatic heterocycles. The quantitative estimate of drug-likeness (QED) is 0.542. The van der Waals surface area contributed by atoms with Crippen LogP contribution < -0.4 is 5.73 Å². The van der Waals surface area contributed by atoms with Crippen LogP contribution in [0.25, 0.3) is 0 Å². The molecule has 3 N–H and O–H groups in total. The van der Waals surface area contributed by atoms with E-state index >= 15 is 0 Å². The van der Waals surface area contributed by atoms with Gasteiger partial charge in [-0.25, -0.2) is 4.79 Å². The van der Waals surface area contributed by atoms with E-state index in [0.29, 0.717) is 34.8 Å². The number of halogens is 3. The second-order valence-electron chi connectivity index (χ2n) is 7.15. The van der Waals surface area contributed by atoms with Gasteiger partial charge >= 0.3 is 5.97 Å². The fourth-order valence-electron chi connectivity index (χ4n) is 3.10. The third kappa shape index (κ3) is 9.31. The average Bonchev–Trinajstić information content (AvgIpc) is 2.87. The zero-order chi connectivity index (χ0) is 24.9. The number of carbonyl (C=O) groups is 1. The minimum atomic E-state index is -0.567. The fourth-order valence-corrected chi connectivity index (χ4v) is 3.75. The third-order valence-corrected chi connectivity index (χ3v) is 5.92. The summed E-state index contributed by atoms with van der Waals surface area (Å²) < 4.78 is 33.4. The van der Waals surface area contributed by atoms with Crippen LogP contribution in [0.3, 0.4) is 0 Å². The Morgan fingerprint density at radius 1 is 1.21 bits per heavy atom. The maximum Gasteiger partial charge on any atom is 0.331 e. The maximum atomic E-state index is 11.9. The molecule has 2 saturated heterocycles. The summed E-state index contributed by atoms with van der Waals surface area (Å²) in [6.45, 7) is 2.75. The predicted octanol–water partition coefficient (Wildman–Crippen LogP) is 4.73. The first kappa shape index (κ1) is 28.8. The van der Waals surface area contributed by atoms with Crippen LogP contribution >= 0.6 is 35.3 Å². The van der Waals surface area contributed by atoms with Crippen molar-refractivity contribution in [1.82, 2.24) is 0 Å². The van der Waals surface area contributed by atoms with Gasteiger partial charge in [-0.2, -0.15) is 3.89 Å². The Balaban J connectivity index is 0.000000205. The highest BCUT2D eigenvalue weighted by Gasteiger charge is 2.39. The molecule has 2 heterocycles. The number of aliphatic hydroxyl groups excluding tert-OH is 1. The van der Waals surface area contributed by atoms with Gasteiger partial charge in [-0.05, 0) is 31.5 Å². The van der Waals surface area contributed by atoms with Crippen LogP contribution in [-0.2, 0) is 23.7 Å². The fraction of sp³-hybridized carbons (Fsp3) is 0.435. The highest BCUT2D eigenvalue weighted by atomic mass is 35.5. The largest absolute Gasteiger partial charge is 0.464 e. The normalized spacial score (nSPS) is 23.4. The van der Waals surface area contributed by atoms with Crippen molar-refractivity contribution >= 4 is 41.3 Å². The predicted molar refractivity (Wildman–Crippen MR) is 129 cm³/mol. The molecule has 11 heteroatoms. The first-order valence-corrected chi connectivity index (χ1v) is 12.1. The Labute approximate surface area is 212 Å². The molecule has 2 aliphatic rings. The van der Waals surface area contributed by atoms with Crippen molar-refractivity contribution in [3.8, 4) is 0 Å². The Bertz CT molecular complexity index is 882. The SMILES string of the molecule is CCOC(=O)CO.FSc1ccc(Cl)c(Cl)c1.NC1CCOC2COC(c3ccccc3)OC12. The van der Waals surface area contributed by atoms with E-state index in [2.05, 4.69) is 4.74 Å². The number of esters is 1. The van der Waals surface area contributed by atoms with Crippen LogP contribution in [0, 0.1) is 0 Å². The zero-order valence-electron chi connectivity index (χ0n) is 18.6. The van der Waals surface area contributed by atoms with E-state index in [-0.39, 0.29) is 36.7 Å². The van der Waals surface area contributed by atoms with Gasteiger partial charge < -0.3 is 29.8 Å². The van der Waals surface area contributed by atoms with E-state index in [1.54, 1.807) is 19.1 Å². The van der Waals surface area contributed by atoms with Gasteiger partial charge in [-0.3, -0.25) is 0 Å². The maximum absolute atomic E-state index is 11.9. The zero-order valence-corrected chi connectivity index (χ0v) is 20.9. The molecule has 34 heavy (non-hydrogen) atoms. The molecule has 4 unspecified atom stereocenters. The van der Waals surface area contributed by atoms with Gasteiger partial charge in [0, 0.05) is 23.1 Å². The van der Waals surface area contributed by atoms with Crippen LogP contribution in [0.4, 0.5) is 3.89 Å². The molecule has 2 aromatic rings. The first-order valence-electron chi connectivity index (χ1n) is 10.6. The van der Waals surface area contributed by atoms with Crippen molar-refractivity contribution in [3.05, 3.63) is 64.1 Å². The highest BCUT2D eigenvalue weighted by Crippen LogP contribution is 2.31. The summed E-state index contributed by atoms with van der Waals surface area (Å²) in [5.41, 5.74) is 7.10. The van der Waals surface area contributed by atoms with Crippen LogP contribution in [0.15, 0.2) is 53.4 Å². The molecule has 0 amide bonds. The Hall–Kier alpha value is -1.43. The number of rotatable bonds is 4. The molecule has 2 aromatic carbocycles. The lowest BCUT2D eigenvalue weighted by atomic mass is 9.99. The average molecular weight is 536 g/mol. The van der Waals surface area contributed by atoms with Crippen molar-refractivity contribution in [2.24, 2.45) is 5.73 Å². The minimum absolute atomic E-state index is 0.0151. The molecule has 2 fully saturated rings. The number of hydrogen-bond acceptors (Lipinski definition) is 8. The Morgan fingerprint density at radius 2 is 1.94 bits per heavy atom. The summed E-state index contributed by atoms with van der Waals surface area (Å²) in [4.78, 5) is 10.4. The lowest BCUT2D eigenvalue weighted by Gasteiger charge is -2.42. The monoisotopic (exact) mass is 535 g/mol. The number of hydrogen-bond donors (Lipinski definition) is 2. The summed E-state index contributed by atoms with van der Waals surface area (Å²) in [7, 11) is 0. The highest BCUT2D eigenvalue weighted by molar-refractivity contribution is 7.94. The number of carbonyl (C=O) groups excluding carboxylic acids is 1. The molecule has 0 spiro atoms. The molecular weight excluding hydrogens is 508 g/mol. The molecule has 0 radical (unpaired) electrons. The summed E-state index contributed by atoms with van der Waals surface area (Å²) in [6.07, 6.45) is 0.467. The smallest absolute Gasteiger partial charge is 0.331 e. The van der Waals surface area contributed by atoms with Crippen molar-refractivity contribution in [1.29, 1.82) is 0 Å². The van der Waals surface area contributed by atoms with Crippen molar-refractivity contribution < 1.29 is 32.7 Å². The van der Waals surface area contributed by atoms with E-state index in [9.17, 15) is 8.68 Å². The van der Waals surface area contributed by atoms with Crippen LogP contribution in [0.1, 0.15) is 25.2 Å². The standard InChI is InChI=1S/C13H17NO3.C6H3Cl2FS.C4H8O3/c14-10-6-7-15-11-8-16-13(17-12(10)11)9-4-2-1-3-5-9;7-5-2-1-4(10-9)3-6(5)8;1-2-7-4(6)3-5/h1-5,10-13H,6-8,14H2;1-3H;5H,2-3H2,1H3. The summed E-state index contributed by atoms with van der Waals surface area (Å²) in [5, 5.41) is 8.81. The number of benzene rings is 2. The molecule has 7 nitrogen and oxygen atoms in total. The summed E-state index contributed by atoms with van der Waals surface area (Å²) >= 11 is 11.3. The second kappa shape index (κ2) is 15.5. The van der Waals surface area contributed by atoms with Gasteiger partial charge in [0.05, 0.1) is 35.4 Å². The van der Waals surface area contributed by atoms with E-state index in [0.717, 1.165) is 12.0 Å². The van der Waals surface area contributed by atoms with Gasteiger partial charge in [0.2, 0.25) is 0 Å². The Kier molecular flexibility index (Phi) is 13.2. The van der Waals surface area contributed by atoms with Crippen molar-refractivity contribution in [2.45, 2.75) is 42.8 Å². The number of fused-ring (bicyclic) bond motifs is 1. The summed E-state index contributed by atoms with van der Waals surface area (Å²) in [6, 6.07) is 14.6. The number of aliphatic hydroxyl groups is 1. The first-order chi connectivity index (χ1) is 16.4. The van der Waals surface area contributed by atoms with Gasteiger partial charge in [-0.15, -0.1) is 0 Å². The van der Waals surface area contributed by atoms with Gasteiger partial charge in [0.25, 0.3) is 0 Å². The lowest BCUT2D eigenvalue weighted by molar-refractivity contribution is -0.281. The van der Waals surface area contributed by atoms with Gasteiger partial charge in [0.15, 0.2) is 6.29 Å². The van der Waals surface area contributed by atoms with Crippen LogP contribution in [0.5, 0.6) is 0 Å². The van der Waals surface area contributed by atoms with Gasteiger partial charge in [-0.1, -0.05) is 53.5 Å². The van der Waals surface area contributed by atoms with Crippen molar-refractivity contribution in [2.75, 3.05) is 26.4 Å². The molecular formula is C23H28Cl2FNO6S. The van der Waals surface area contributed by atoms with E-state index in [4.69, 9.17) is 48.3 Å². The number of nitrogens with two attached hydrogens (primary N) is 1. The van der Waals surface area contributed by atoms with E-state index < -0.39 is 12.6 Å². The van der Waals surface area contributed by atoms with Crippen molar-refractivity contribution in [3.63, 3.8) is 0 Å². The van der Waals surface area contributed by atoms with Crippen LogP contribution in [0.2, 0.25) is 10.0 Å². The topological polar surface area (TPSA) is 100 Å². The lowest BCUT2D eigenvalue weighted by Crippen LogP contribution is -2.55. The summed E-state index contributed by atoms with van der Waals surface area (Å²) in [5.74, 6) is -0.567. The number of ether oxygens (including phenoxy) is 4. The minimum Gasteiger partial charge on any atom is -0.464 e. The molecule has 0 aliphatic carbocycles. The molecule has 4 rings (SSSR count). The molecule has 188 valence electrons. The van der Waals surface area contributed by atoms with Crippen LogP contribution in [-0.4, -0.2) is 55.8 Å². The molecule has 0 bridgehead atoms. The second-order valence-corrected chi connectivity index (χ2v) is 8.59. The molecule has 2 aliphatic heterocycles. The van der Waals surface area contributed by atoms with Gasteiger partial charge in [0.1, 0.15) is 18.8 Å². The molecule has 0 saturated carbocycles. The van der Waals surface area contributed by atoms with E-state index in [1.807, 2.05) is 30.3 Å². The Morgan fingerprint density at radius 3 is 2.53 bits per heavy atom. The van der Waals surface area contributed by atoms with E-state index in [1.165, 1.54) is 6.07 Å².